The highest BCUT2D eigenvalue weighted by Crippen LogP contribution is 2.33. The fraction of sp³-hybridized carbons (Fsp3) is 0.333. The molecule has 3 rings (SSSR count). The number of anilines is 2. The lowest BCUT2D eigenvalue weighted by molar-refractivity contribution is -0.114. The number of rotatable bonds is 3. The van der Waals surface area contributed by atoms with E-state index in [0.29, 0.717) is 11.7 Å². The van der Waals surface area contributed by atoms with E-state index in [9.17, 15) is 4.79 Å². The lowest BCUT2D eigenvalue weighted by Gasteiger charge is -2.24. The van der Waals surface area contributed by atoms with Crippen molar-refractivity contribution in [3.63, 3.8) is 0 Å². The number of nitrogens with zero attached hydrogens (tertiary/aromatic N) is 1. The lowest BCUT2D eigenvalue weighted by Crippen LogP contribution is -2.26. The van der Waals surface area contributed by atoms with Gasteiger partial charge in [-0.1, -0.05) is 18.2 Å². The Labute approximate surface area is 136 Å². The second kappa shape index (κ2) is 6.79. The van der Waals surface area contributed by atoms with Gasteiger partial charge in [-0.05, 0) is 55.6 Å². The maximum atomic E-state index is 11.6. The first-order chi connectivity index (χ1) is 11.1. The lowest BCUT2D eigenvalue weighted by atomic mass is 9.89. The van der Waals surface area contributed by atoms with Crippen molar-refractivity contribution in [1.29, 1.82) is 0 Å². The Kier molecular flexibility index (Phi) is 4.57. The van der Waals surface area contributed by atoms with Gasteiger partial charge in [0.2, 0.25) is 5.91 Å². The van der Waals surface area contributed by atoms with Crippen molar-refractivity contribution < 1.29 is 4.79 Å². The van der Waals surface area contributed by atoms with Crippen molar-refractivity contribution in [3.8, 4) is 11.3 Å². The van der Waals surface area contributed by atoms with Crippen LogP contribution in [0.25, 0.3) is 11.3 Å². The predicted octanol–water partition coefficient (Wildman–Crippen LogP) is 2.76. The van der Waals surface area contributed by atoms with Crippen LogP contribution in [0.5, 0.6) is 0 Å². The zero-order valence-electron chi connectivity index (χ0n) is 13.3. The highest BCUT2D eigenvalue weighted by atomic mass is 16.1. The Hall–Kier alpha value is -2.40. The smallest absolute Gasteiger partial charge is 0.221 e. The number of hydrogen-bond acceptors (Lipinski definition) is 4. The van der Waals surface area contributed by atoms with E-state index in [1.54, 1.807) is 6.07 Å². The van der Waals surface area contributed by atoms with Gasteiger partial charge in [0.1, 0.15) is 5.82 Å². The average Bonchev–Trinajstić information content (AvgIpc) is 2.55. The normalized spacial score (nSPS) is 15.3. The van der Waals surface area contributed by atoms with Gasteiger partial charge in [-0.2, -0.15) is 0 Å². The molecule has 1 saturated heterocycles. The molecule has 0 aliphatic carbocycles. The minimum Gasteiger partial charge on any atom is -0.384 e. The van der Waals surface area contributed by atoms with Crippen molar-refractivity contribution in [2.75, 3.05) is 24.1 Å². The highest BCUT2D eigenvalue weighted by Gasteiger charge is 2.17. The van der Waals surface area contributed by atoms with E-state index in [-0.39, 0.29) is 5.91 Å². The molecule has 23 heavy (non-hydrogen) atoms. The van der Waals surface area contributed by atoms with Gasteiger partial charge < -0.3 is 16.4 Å². The summed E-state index contributed by atoms with van der Waals surface area (Å²) in [5.41, 5.74) is 9.52. The summed E-state index contributed by atoms with van der Waals surface area (Å²) in [4.78, 5) is 16.0. The molecule has 1 fully saturated rings. The van der Waals surface area contributed by atoms with Crippen LogP contribution in [0, 0.1) is 0 Å². The zero-order chi connectivity index (χ0) is 16.2. The molecule has 5 nitrogen and oxygen atoms in total. The molecule has 1 aliphatic heterocycles. The average molecular weight is 310 g/mol. The van der Waals surface area contributed by atoms with Gasteiger partial charge in [-0.15, -0.1) is 0 Å². The van der Waals surface area contributed by atoms with Crippen molar-refractivity contribution in [3.05, 3.63) is 42.0 Å². The van der Waals surface area contributed by atoms with Crippen LogP contribution in [-0.4, -0.2) is 24.0 Å². The number of aromatic nitrogens is 1. The van der Waals surface area contributed by atoms with Crippen LogP contribution in [0.1, 0.15) is 31.2 Å². The van der Waals surface area contributed by atoms with E-state index in [2.05, 4.69) is 27.8 Å². The number of pyridine rings is 1. The third-order valence-electron chi connectivity index (χ3n) is 4.21. The molecule has 5 heteroatoms. The Morgan fingerprint density at radius 1 is 1.26 bits per heavy atom. The van der Waals surface area contributed by atoms with Gasteiger partial charge in [0.25, 0.3) is 0 Å². The number of benzene rings is 1. The van der Waals surface area contributed by atoms with Crippen LogP contribution < -0.4 is 16.4 Å². The molecule has 1 aromatic heterocycles. The van der Waals surface area contributed by atoms with Crippen LogP contribution in [0.15, 0.2) is 36.4 Å². The van der Waals surface area contributed by atoms with Gasteiger partial charge in [-0.25, -0.2) is 4.98 Å². The molecule has 2 aromatic rings. The predicted molar refractivity (Wildman–Crippen MR) is 93.2 cm³/mol. The summed E-state index contributed by atoms with van der Waals surface area (Å²) in [6.45, 7) is 3.60. The van der Waals surface area contributed by atoms with E-state index in [1.165, 1.54) is 12.5 Å². The van der Waals surface area contributed by atoms with Crippen LogP contribution in [0.4, 0.5) is 11.5 Å². The SMILES string of the molecule is CC(=O)Nc1cc(C2CCNCC2)ccc1-c1cccc(N)n1. The number of carbonyl (C=O) groups excluding carboxylic acids is 1. The molecule has 1 aromatic carbocycles. The van der Waals surface area contributed by atoms with E-state index < -0.39 is 0 Å². The maximum absolute atomic E-state index is 11.6. The van der Waals surface area contributed by atoms with Crippen molar-refractivity contribution in [2.45, 2.75) is 25.7 Å². The molecule has 0 radical (unpaired) electrons. The Morgan fingerprint density at radius 2 is 2.04 bits per heavy atom. The van der Waals surface area contributed by atoms with Gasteiger partial charge in [0, 0.05) is 12.5 Å². The largest absolute Gasteiger partial charge is 0.384 e. The van der Waals surface area contributed by atoms with Gasteiger partial charge >= 0.3 is 0 Å². The second-order valence-corrected chi connectivity index (χ2v) is 5.96. The molecule has 1 amide bonds. The molecule has 4 N–H and O–H groups in total. The van der Waals surface area contributed by atoms with Gasteiger partial charge in [-0.3, -0.25) is 4.79 Å². The van der Waals surface area contributed by atoms with Crippen LogP contribution in [0.2, 0.25) is 0 Å². The number of amides is 1. The molecule has 0 spiro atoms. The molecule has 120 valence electrons. The van der Waals surface area contributed by atoms with Crippen LogP contribution in [-0.2, 0) is 4.79 Å². The number of nitrogens with two attached hydrogens (primary N) is 1. The second-order valence-electron chi connectivity index (χ2n) is 5.96. The quantitative estimate of drug-likeness (QED) is 0.814. The molecule has 0 saturated carbocycles. The standard InChI is InChI=1S/C18H22N4O/c1-12(23)21-17-11-14(13-7-9-20-10-8-13)5-6-15(17)16-3-2-4-18(19)22-16/h2-6,11,13,20H,7-10H2,1H3,(H2,19,22)(H,21,23). The minimum atomic E-state index is -0.0855. The number of carbonyl (C=O) groups is 1. The zero-order valence-corrected chi connectivity index (χ0v) is 13.3. The fourth-order valence-electron chi connectivity index (χ4n) is 3.09. The molecule has 0 bridgehead atoms. The van der Waals surface area contributed by atoms with Crippen molar-refractivity contribution in [1.82, 2.24) is 10.3 Å². The third-order valence-corrected chi connectivity index (χ3v) is 4.21. The van der Waals surface area contributed by atoms with Crippen LogP contribution in [0.3, 0.4) is 0 Å². The number of nitrogen functional groups attached to an aromatic ring is 1. The topological polar surface area (TPSA) is 80.0 Å². The summed E-state index contributed by atoms with van der Waals surface area (Å²) in [5, 5.41) is 6.32. The maximum Gasteiger partial charge on any atom is 0.221 e. The first-order valence-corrected chi connectivity index (χ1v) is 7.98. The summed E-state index contributed by atoms with van der Waals surface area (Å²) in [5.74, 6) is 0.919. The molecular weight excluding hydrogens is 288 g/mol. The van der Waals surface area contributed by atoms with Crippen molar-refractivity contribution in [2.24, 2.45) is 0 Å². The summed E-state index contributed by atoms with van der Waals surface area (Å²) >= 11 is 0. The van der Waals surface area contributed by atoms with E-state index in [4.69, 9.17) is 5.73 Å². The first kappa shape index (κ1) is 15.5. The number of nitrogens with one attached hydrogen (secondary N) is 2. The third kappa shape index (κ3) is 3.68. The molecule has 0 unspecified atom stereocenters. The number of hydrogen-bond donors (Lipinski definition) is 3. The summed E-state index contributed by atoms with van der Waals surface area (Å²) in [6.07, 6.45) is 2.24. The van der Waals surface area contributed by atoms with E-state index in [1.807, 2.05) is 18.2 Å². The first-order valence-electron chi connectivity index (χ1n) is 7.98. The van der Waals surface area contributed by atoms with E-state index in [0.717, 1.165) is 42.9 Å². The Morgan fingerprint density at radius 3 is 2.74 bits per heavy atom. The molecule has 0 atom stereocenters. The summed E-state index contributed by atoms with van der Waals surface area (Å²) in [6, 6.07) is 11.8. The minimum absolute atomic E-state index is 0.0855. The molecule has 1 aliphatic rings. The molecular formula is C18H22N4O. The summed E-state index contributed by atoms with van der Waals surface area (Å²) < 4.78 is 0. The summed E-state index contributed by atoms with van der Waals surface area (Å²) in [7, 11) is 0. The van der Waals surface area contributed by atoms with Crippen LogP contribution >= 0.6 is 0 Å². The van der Waals surface area contributed by atoms with Gasteiger partial charge in [0.05, 0.1) is 11.4 Å². The Bertz CT molecular complexity index is 708. The monoisotopic (exact) mass is 310 g/mol. The highest BCUT2D eigenvalue weighted by molar-refractivity contribution is 5.93. The van der Waals surface area contributed by atoms with Crippen molar-refractivity contribution >= 4 is 17.4 Å². The van der Waals surface area contributed by atoms with E-state index >= 15 is 0 Å². The molecule has 2 heterocycles. The number of piperidine rings is 1. The fourth-order valence-corrected chi connectivity index (χ4v) is 3.09. The Balaban J connectivity index is 1.99. The van der Waals surface area contributed by atoms with Gasteiger partial charge in [0.15, 0.2) is 0 Å².